The van der Waals surface area contributed by atoms with Gasteiger partial charge in [-0.05, 0) is 37.8 Å². The molecule has 3 heterocycles. The second-order valence-corrected chi connectivity index (χ2v) is 6.01. The molecule has 2 aromatic heterocycles. The third-order valence-corrected chi connectivity index (χ3v) is 4.45. The number of nitrogens with zero attached hydrogens (tertiary/aromatic N) is 2. The Morgan fingerprint density at radius 1 is 1.24 bits per heavy atom. The number of rotatable bonds is 3. The van der Waals surface area contributed by atoms with Gasteiger partial charge < -0.3 is 14.6 Å². The normalized spacial score (nSPS) is 19.9. The molecule has 2 aromatic rings. The Morgan fingerprint density at radius 2 is 2.05 bits per heavy atom. The monoisotopic (exact) mass is 285 g/mol. The minimum absolute atomic E-state index is 0.253. The molecule has 1 aliphatic heterocycles. The van der Waals surface area contributed by atoms with Crippen LogP contribution in [0.5, 0.6) is 0 Å². The predicted molar refractivity (Wildman–Crippen MR) is 80.1 cm³/mol. The summed E-state index contributed by atoms with van der Waals surface area (Å²) in [5, 5.41) is 4.25. The van der Waals surface area contributed by atoms with E-state index in [0.29, 0.717) is 12.0 Å². The fourth-order valence-corrected chi connectivity index (χ4v) is 3.03. The lowest BCUT2D eigenvalue weighted by Gasteiger charge is -2.33. The second-order valence-electron chi connectivity index (χ2n) is 6.01. The van der Waals surface area contributed by atoms with Crippen LogP contribution in [-0.4, -0.2) is 30.0 Å². The number of pyridine rings is 1. The summed E-state index contributed by atoms with van der Waals surface area (Å²) in [5.74, 6) is 1.54. The van der Waals surface area contributed by atoms with Crippen molar-refractivity contribution in [3.05, 3.63) is 24.6 Å². The lowest BCUT2D eigenvalue weighted by atomic mass is 10.0. The molecule has 5 heteroatoms. The van der Waals surface area contributed by atoms with E-state index in [1.807, 2.05) is 12.1 Å². The molecule has 5 nitrogen and oxygen atoms in total. The van der Waals surface area contributed by atoms with Crippen molar-refractivity contribution in [2.45, 2.75) is 31.7 Å². The molecule has 1 aliphatic carbocycles. The van der Waals surface area contributed by atoms with Gasteiger partial charge in [0.1, 0.15) is 11.4 Å². The lowest BCUT2D eigenvalue weighted by Crippen LogP contribution is -2.45. The Labute approximate surface area is 123 Å². The quantitative estimate of drug-likeness (QED) is 0.940. The van der Waals surface area contributed by atoms with Crippen molar-refractivity contribution >= 4 is 22.7 Å². The van der Waals surface area contributed by atoms with Crippen LogP contribution in [-0.2, 0) is 4.79 Å². The van der Waals surface area contributed by atoms with Crippen LogP contribution < -0.4 is 10.2 Å². The van der Waals surface area contributed by atoms with Crippen LogP contribution in [0.4, 0.5) is 5.82 Å². The molecule has 2 fully saturated rings. The van der Waals surface area contributed by atoms with E-state index in [-0.39, 0.29) is 5.91 Å². The molecule has 110 valence electrons. The largest absolute Gasteiger partial charge is 0.464 e. The minimum Gasteiger partial charge on any atom is -0.464 e. The second kappa shape index (κ2) is 5.06. The molecule has 0 atom stereocenters. The van der Waals surface area contributed by atoms with Gasteiger partial charge in [-0.1, -0.05) is 0 Å². The van der Waals surface area contributed by atoms with Crippen molar-refractivity contribution in [2.24, 2.45) is 5.92 Å². The standard InChI is InChI=1S/C16H19N3O2/c20-16(11-1-2-11)18-12-4-8-19(9-5-12)15-13-6-10-21-14(13)3-7-17-15/h3,6-7,10-12H,1-2,4-5,8-9H2,(H,18,20). The summed E-state index contributed by atoms with van der Waals surface area (Å²) in [4.78, 5) is 18.6. The van der Waals surface area contributed by atoms with Gasteiger partial charge in [-0.2, -0.15) is 0 Å². The van der Waals surface area contributed by atoms with Crippen molar-refractivity contribution in [3.8, 4) is 0 Å². The van der Waals surface area contributed by atoms with Gasteiger partial charge in [-0.15, -0.1) is 0 Å². The topological polar surface area (TPSA) is 58.4 Å². The first kappa shape index (κ1) is 12.7. The number of fused-ring (bicyclic) bond motifs is 1. The molecule has 1 amide bonds. The summed E-state index contributed by atoms with van der Waals surface area (Å²) in [7, 11) is 0. The lowest BCUT2D eigenvalue weighted by molar-refractivity contribution is -0.123. The Kier molecular flexibility index (Phi) is 3.05. The average molecular weight is 285 g/mol. The highest BCUT2D eigenvalue weighted by Crippen LogP contribution is 2.30. The first-order valence-electron chi connectivity index (χ1n) is 7.69. The van der Waals surface area contributed by atoms with Crippen LogP contribution in [0.3, 0.4) is 0 Å². The summed E-state index contributed by atoms with van der Waals surface area (Å²) >= 11 is 0. The van der Waals surface area contributed by atoms with E-state index in [2.05, 4.69) is 15.2 Å². The molecule has 0 unspecified atom stereocenters. The molecule has 0 aromatic carbocycles. The molecule has 0 bridgehead atoms. The first-order chi connectivity index (χ1) is 10.3. The molecule has 21 heavy (non-hydrogen) atoms. The van der Waals surface area contributed by atoms with E-state index in [1.165, 1.54) is 0 Å². The zero-order valence-electron chi connectivity index (χ0n) is 11.9. The summed E-state index contributed by atoms with van der Waals surface area (Å²) in [6.07, 6.45) is 7.59. The smallest absolute Gasteiger partial charge is 0.223 e. The minimum atomic E-state index is 0.253. The van der Waals surface area contributed by atoms with Gasteiger partial charge in [-0.25, -0.2) is 4.98 Å². The number of aromatic nitrogens is 1. The van der Waals surface area contributed by atoms with E-state index in [4.69, 9.17) is 4.42 Å². The van der Waals surface area contributed by atoms with Crippen LogP contribution in [0.25, 0.3) is 11.0 Å². The SMILES string of the molecule is O=C(NC1CCN(c2nccc3occc23)CC1)C1CC1. The summed E-state index contributed by atoms with van der Waals surface area (Å²) < 4.78 is 5.43. The number of hydrogen-bond donors (Lipinski definition) is 1. The number of nitrogens with one attached hydrogen (secondary N) is 1. The van der Waals surface area contributed by atoms with Gasteiger partial charge in [0.15, 0.2) is 0 Å². The summed E-state index contributed by atoms with van der Waals surface area (Å²) in [5.41, 5.74) is 0.879. The number of piperidine rings is 1. The molecule has 0 radical (unpaired) electrons. The summed E-state index contributed by atoms with van der Waals surface area (Å²) in [6.45, 7) is 1.85. The van der Waals surface area contributed by atoms with Gasteiger partial charge >= 0.3 is 0 Å². The highest BCUT2D eigenvalue weighted by molar-refractivity contribution is 5.88. The maximum Gasteiger partial charge on any atom is 0.223 e. The van der Waals surface area contributed by atoms with E-state index >= 15 is 0 Å². The molecule has 1 saturated heterocycles. The maximum atomic E-state index is 11.8. The number of amides is 1. The van der Waals surface area contributed by atoms with Gasteiger partial charge in [0.05, 0.1) is 11.6 Å². The molecular weight excluding hydrogens is 266 g/mol. The van der Waals surface area contributed by atoms with Gasteiger partial charge in [0, 0.05) is 31.2 Å². The maximum absolute atomic E-state index is 11.8. The molecule has 2 aliphatic rings. The van der Waals surface area contributed by atoms with E-state index in [9.17, 15) is 4.79 Å². The Balaban J connectivity index is 1.42. The number of anilines is 1. The zero-order chi connectivity index (χ0) is 14.2. The molecule has 0 spiro atoms. The Hall–Kier alpha value is -2.04. The van der Waals surface area contributed by atoms with Crippen LogP contribution in [0.15, 0.2) is 29.0 Å². The fraction of sp³-hybridized carbons (Fsp3) is 0.500. The number of furan rings is 1. The molecule has 4 rings (SSSR count). The summed E-state index contributed by atoms with van der Waals surface area (Å²) in [6, 6.07) is 4.18. The predicted octanol–water partition coefficient (Wildman–Crippen LogP) is 2.32. The Bertz CT molecular complexity index is 654. The fourth-order valence-electron chi connectivity index (χ4n) is 3.03. The Morgan fingerprint density at radius 3 is 2.81 bits per heavy atom. The van der Waals surface area contributed by atoms with Crippen LogP contribution in [0.2, 0.25) is 0 Å². The van der Waals surface area contributed by atoms with Crippen LogP contribution in [0, 0.1) is 5.92 Å². The van der Waals surface area contributed by atoms with Gasteiger partial charge in [0.2, 0.25) is 5.91 Å². The van der Waals surface area contributed by atoms with Crippen LogP contribution >= 0.6 is 0 Å². The van der Waals surface area contributed by atoms with Gasteiger partial charge in [-0.3, -0.25) is 4.79 Å². The third kappa shape index (κ3) is 2.48. The number of hydrogen-bond acceptors (Lipinski definition) is 4. The molecule has 1 N–H and O–H groups in total. The highest BCUT2D eigenvalue weighted by Gasteiger charge is 2.32. The number of carbonyl (C=O) groups is 1. The third-order valence-electron chi connectivity index (χ3n) is 4.45. The molecular formula is C16H19N3O2. The first-order valence-corrected chi connectivity index (χ1v) is 7.69. The molecule has 1 saturated carbocycles. The highest BCUT2D eigenvalue weighted by atomic mass is 16.3. The van der Waals surface area contributed by atoms with Crippen molar-refractivity contribution in [2.75, 3.05) is 18.0 Å². The average Bonchev–Trinajstić information content (AvgIpc) is 3.25. The van der Waals surface area contributed by atoms with Crippen molar-refractivity contribution < 1.29 is 9.21 Å². The van der Waals surface area contributed by atoms with Gasteiger partial charge in [0.25, 0.3) is 0 Å². The van der Waals surface area contributed by atoms with E-state index < -0.39 is 0 Å². The van der Waals surface area contributed by atoms with E-state index in [0.717, 1.165) is 55.6 Å². The van der Waals surface area contributed by atoms with Crippen molar-refractivity contribution in [1.29, 1.82) is 0 Å². The number of carbonyl (C=O) groups excluding carboxylic acids is 1. The van der Waals surface area contributed by atoms with Crippen LogP contribution in [0.1, 0.15) is 25.7 Å². The van der Waals surface area contributed by atoms with Crippen molar-refractivity contribution in [1.82, 2.24) is 10.3 Å². The van der Waals surface area contributed by atoms with E-state index in [1.54, 1.807) is 12.5 Å². The van der Waals surface area contributed by atoms with Crippen molar-refractivity contribution in [3.63, 3.8) is 0 Å². The zero-order valence-corrected chi connectivity index (χ0v) is 11.9.